The number of amides is 1. The molecule has 0 radical (unpaired) electrons. The molecule has 0 bridgehead atoms. The Balaban J connectivity index is 1.82. The number of para-hydroxylation sites is 1. The standard InChI is InChI=1S/C19H17FN4O/c1-12-5-3-4-6-16(12)24-18-11-17(21-13(2)22-18)19(25)23-15-9-7-14(20)8-10-15/h3-11H,1-2H3,(H,23,25)(H,21,22,24). The number of carbonyl (C=O) groups excluding carboxylic acids is 1. The number of aryl methyl sites for hydroxylation is 2. The molecule has 0 aliphatic carbocycles. The minimum Gasteiger partial charge on any atom is -0.340 e. The Morgan fingerprint density at radius 2 is 1.72 bits per heavy atom. The summed E-state index contributed by atoms with van der Waals surface area (Å²) in [6.45, 7) is 3.70. The Morgan fingerprint density at radius 1 is 1.00 bits per heavy atom. The third-order valence-electron chi connectivity index (χ3n) is 3.58. The Kier molecular flexibility index (Phi) is 4.70. The molecule has 25 heavy (non-hydrogen) atoms. The van der Waals surface area contributed by atoms with Crippen LogP contribution in [0.4, 0.5) is 21.6 Å². The topological polar surface area (TPSA) is 66.9 Å². The Morgan fingerprint density at radius 3 is 2.44 bits per heavy atom. The summed E-state index contributed by atoms with van der Waals surface area (Å²) >= 11 is 0. The molecule has 0 aliphatic heterocycles. The maximum absolute atomic E-state index is 13.0. The highest BCUT2D eigenvalue weighted by atomic mass is 19.1. The van der Waals surface area contributed by atoms with Gasteiger partial charge in [-0.3, -0.25) is 4.79 Å². The summed E-state index contributed by atoms with van der Waals surface area (Å²) in [4.78, 5) is 20.9. The zero-order valence-corrected chi connectivity index (χ0v) is 13.9. The molecule has 0 spiro atoms. The highest BCUT2D eigenvalue weighted by Crippen LogP contribution is 2.19. The lowest BCUT2D eigenvalue weighted by molar-refractivity contribution is 0.102. The predicted octanol–water partition coefficient (Wildman–Crippen LogP) is 4.23. The highest BCUT2D eigenvalue weighted by molar-refractivity contribution is 6.03. The first-order valence-corrected chi connectivity index (χ1v) is 7.76. The van der Waals surface area contributed by atoms with Crippen LogP contribution in [-0.2, 0) is 0 Å². The van der Waals surface area contributed by atoms with Gasteiger partial charge in [-0.2, -0.15) is 0 Å². The largest absolute Gasteiger partial charge is 0.340 e. The number of nitrogens with one attached hydrogen (secondary N) is 2. The predicted molar refractivity (Wildman–Crippen MR) is 95.6 cm³/mol. The van der Waals surface area contributed by atoms with Crippen molar-refractivity contribution < 1.29 is 9.18 Å². The van der Waals surface area contributed by atoms with Gasteiger partial charge in [-0.15, -0.1) is 0 Å². The molecule has 3 rings (SSSR count). The fraction of sp³-hybridized carbons (Fsp3) is 0.105. The van der Waals surface area contributed by atoms with E-state index in [1.54, 1.807) is 13.0 Å². The second-order valence-corrected chi connectivity index (χ2v) is 5.59. The molecule has 3 aromatic rings. The van der Waals surface area contributed by atoms with Gasteiger partial charge < -0.3 is 10.6 Å². The van der Waals surface area contributed by atoms with Crippen LogP contribution < -0.4 is 10.6 Å². The van der Waals surface area contributed by atoms with Gasteiger partial charge in [0.1, 0.15) is 23.2 Å². The number of carbonyl (C=O) groups is 1. The molecule has 0 saturated carbocycles. The molecular weight excluding hydrogens is 319 g/mol. The van der Waals surface area contributed by atoms with Crippen LogP contribution in [0.25, 0.3) is 0 Å². The van der Waals surface area contributed by atoms with Gasteiger partial charge in [-0.05, 0) is 49.7 Å². The number of aromatic nitrogens is 2. The molecule has 1 aromatic heterocycles. The number of benzene rings is 2. The number of halogens is 1. The van der Waals surface area contributed by atoms with E-state index in [0.717, 1.165) is 11.3 Å². The smallest absolute Gasteiger partial charge is 0.274 e. The fourth-order valence-corrected chi connectivity index (χ4v) is 2.33. The van der Waals surface area contributed by atoms with Crippen LogP contribution in [0.1, 0.15) is 21.9 Å². The van der Waals surface area contributed by atoms with E-state index in [1.165, 1.54) is 24.3 Å². The quantitative estimate of drug-likeness (QED) is 0.748. The molecule has 0 fully saturated rings. The van der Waals surface area contributed by atoms with E-state index in [1.807, 2.05) is 31.2 Å². The minimum absolute atomic E-state index is 0.230. The van der Waals surface area contributed by atoms with Crippen LogP contribution in [0.2, 0.25) is 0 Å². The van der Waals surface area contributed by atoms with Crippen molar-refractivity contribution in [2.45, 2.75) is 13.8 Å². The van der Waals surface area contributed by atoms with E-state index in [-0.39, 0.29) is 17.4 Å². The summed E-state index contributed by atoms with van der Waals surface area (Å²) in [5.74, 6) is 0.263. The van der Waals surface area contributed by atoms with Crippen molar-refractivity contribution in [3.63, 3.8) is 0 Å². The molecule has 2 N–H and O–H groups in total. The molecular formula is C19H17FN4O. The number of anilines is 3. The van der Waals surface area contributed by atoms with Gasteiger partial charge in [0, 0.05) is 17.4 Å². The zero-order chi connectivity index (χ0) is 17.8. The highest BCUT2D eigenvalue weighted by Gasteiger charge is 2.11. The van der Waals surface area contributed by atoms with E-state index in [2.05, 4.69) is 20.6 Å². The van der Waals surface area contributed by atoms with Gasteiger partial charge in [0.05, 0.1) is 0 Å². The van der Waals surface area contributed by atoms with Crippen molar-refractivity contribution in [3.05, 3.63) is 77.5 Å². The number of nitrogens with zero attached hydrogens (tertiary/aromatic N) is 2. The summed E-state index contributed by atoms with van der Waals surface area (Å²) < 4.78 is 13.0. The third-order valence-corrected chi connectivity index (χ3v) is 3.58. The average Bonchev–Trinajstić information content (AvgIpc) is 2.58. The summed E-state index contributed by atoms with van der Waals surface area (Å²) in [7, 11) is 0. The van der Waals surface area contributed by atoms with Crippen molar-refractivity contribution in [3.8, 4) is 0 Å². The van der Waals surface area contributed by atoms with Crippen molar-refractivity contribution in [2.24, 2.45) is 0 Å². The lowest BCUT2D eigenvalue weighted by Gasteiger charge is -2.11. The third kappa shape index (κ3) is 4.17. The number of rotatable bonds is 4. The van der Waals surface area contributed by atoms with Crippen molar-refractivity contribution in [1.82, 2.24) is 9.97 Å². The normalized spacial score (nSPS) is 10.4. The van der Waals surface area contributed by atoms with Gasteiger partial charge >= 0.3 is 0 Å². The molecule has 5 nitrogen and oxygen atoms in total. The maximum atomic E-state index is 13.0. The van der Waals surface area contributed by atoms with Crippen molar-refractivity contribution in [1.29, 1.82) is 0 Å². The van der Waals surface area contributed by atoms with Crippen LogP contribution in [0, 0.1) is 19.7 Å². The average molecular weight is 336 g/mol. The fourth-order valence-electron chi connectivity index (χ4n) is 2.33. The second-order valence-electron chi connectivity index (χ2n) is 5.59. The van der Waals surface area contributed by atoms with Gasteiger partial charge in [0.15, 0.2) is 0 Å². The molecule has 2 aromatic carbocycles. The summed E-state index contributed by atoms with van der Waals surface area (Å²) in [5, 5.41) is 5.89. The molecule has 1 amide bonds. The van der Waals surface area contributed by atoms with E-state index in [4.69, 9.17) is 0 Å². The number of hydrogen-bond donors (Lipinski definition) is 2. The monoisotopic (exact) mass is 336 g/mol. The Labute approximate surface area is 145 Å². The first-order valence-electron chi connectivity index (χ1n) is 7.76. The number of hydrogen-bond acceptors (Lipinski definition) is 4. The lowest BCUT2D eigenvalue weighted by Crippen LogP contribution is -2.15. The van der Waals surface area contributed by atoms with E-state index in [9.17, 15) is 9.18 Å². The van der Waals surface area contributed by atoms with Crippen molar-refractivity contribution >= 4 is 23.1 Å². The van der Waals surface area contributed by atoms with Crippen LogP contribution in [0.15, 0.2) is 54.6 Å². The second kappa shape index (κ2) is 7.09. The SMILES string of the molecule is Cc1nc(Nc2ccccc2C)cc(C(=O)Nc2ccc(F)cc2)n1. The first-order chi connectivity index (χ1) is 12.0. The molecule has 126 valence electrons. The zero-order valence-electron chi connectivity index (χ0n) is 13.9. The van der Waals surface area contributed by atoms with Gasteiger partial charge in [0.25, 0.3) is 5.91 Å². The summed E-state index contributed by atoms with van der Waals surface area (Å²) in [6.07, 6.45) is 0. The van der Waals surface area contributed by atoms with Gasteiger partial charge in [0.2, 0.25) is 0 Å². The Bertz CT molecular complexity index is 910. The molecule has 0 aliphatic rings. The van der Waals surface area contributed by atoms with Gasteiger partial charge in [-0.25, -0.2) is 14.4 Å². The molecule has 1 heterocycles. The van der Waals surface area contributed by atoms with E-state index >= 15 is 0 Å². The van der Waals surface area contributed by atoms with Crippen molar-refractivity contribution in [2.75, 3.05) is 10.6 Å². The summed E-state index contributed by atoms with van der Waals surface area (Å²) in [6, 6.07) is 14.9. The Hall–Kier alpha value is -3.28. The maximum Gasteiger partial charge on any atom is 0.274 e. The lowest BCUT2D eigenvalue weighted by atomic mass is 10.2. The van der Waals surface area contributed by atoms with Crippen LogP contribution in [0.3, 0.4) is 0 Å². The molecule has 0 unspecified atom stereocenters. The van der Waals surface area contributed by atoms with Gasteiger partial charge in [-0.1, -0.05) is 18.2 Å². The van der Waals surface area contributed by atoms with Crippen LogP contribution in [-0.4, -0.2) is 15.9 Å². The molecule has 6 heteroatoms. The first kappa shape index (κ1) is 16.6. The van der Waals surface area contributed by atoms with E-state index < -0.39 is 0 Å². The summed E-state index contributed by atoms with van der Waals surface area (Å²) in [5.41, 5.74) is 2.70. The van der Waals surface area contributed by atoms with Crippen LogP contribution in [0.5, 0.6) is 0 Å². The van der Waals surface area contributed by atoms with E-state index in [0.29, 0.717) is 17.3 Å². The molecule has 0 saturated heterocycles. The minimum atomic E-state index is -0.384. The molecule has 0 atom stereocenters. The van der Waals surface area contributed by atoms with Crippen LogP contribution >= 0.6 is 0 Å².